The van der Waals surface area contributed by atoms with E-state index in [2.05, 4.69) is 127 Å². The van der Waals surface area contributed by atoms with Gasteiger partial charge in [0.2, 0.25) is 0 Å². The van der Waals surface area contributed by atoms with Crippen molar-refractivity contribution < 1.29 is 26.7 Å². The van der Waals surface area contributed by atoms with Crippen molar-refractivity contribution in [2.75, 3.05) is 0 Å². The van der Waals surface area contributed by atoms with Crippen molar-refractivity contribution in [1.29, 1.82) is 0 Å². The first kappa shape index (κ1) is 99.3. The number of nitrogens with zero attached hydrogens (tertiary/aromatic N) is 2. The first-order valence-electron chi connectivity index (χ1n) is 46.1. The van der Waals surface area contributed by atoms with Crippen molar-refractivity contribution in [2.24, 2.45) is 9.98 Å². The first-order valence-corrected chi connectivity index (χ1v) is 46.1. The van der Waals surface area contributed by atoms with Crippen LogP contribution in [0, 0.1) is 6.92 Å². The Bertz CT molecular complexity index is 2520. The Morgan fingerprint density at radius 3 is 0.943 bits per heavy atom. The topological polar surface area (TPSA) is 70.8 Å². The van der Waals surface area contributed by atoms with Crippen LogP contribution < -0.4 is 10.2 Å². The van der Waals surface area contributed by atoms with Crippen LogP contribution in [0.4, 0.5) is 11.4 Å². The van der Waals surface area contributed by atoms with E-state index in [0.717, 1.165) is 98.8 Å². The van der Waals surface area contributed by atoms with Crippen molar-refractivity contribution >= 4 is 22.8 Å². The molecular weight excluding hydrogens is 1320 g/mol. The van der Waals surface area contributed by atoms with Gasteiger partial charge in [0.1, 0.15) is 0 Å². The molecule has 105 heavy (non-hydrogen) atoms. The molecule has 0 radical (unpaired) electrons. The average molecular weight is 1490 g/mol. The summed E-state index contributed by atoms with van der Waals surface area (Å²) in [6, 6.07) is 19.6. The van der Waals surface area contributed by atoms with E-state index in [1.165, 1.54) is 376 Å². The van der Waals surface area contributed by atoms with E-state index >= 15 is 0 Å². The Balaban J connectivity index is 0.00000267. The monoisotopic (exact) mass is 1490 g/mol. The molecule has 4 nitrogen and oxygen atoms in total. The average Bonchev–Trinajstić information content (AvgIpc) is 0.820. The molecule has 0 aliphatic rings. The summed E-state index contributed by atoms with van der Waals surface area (Å²) in [5.74, 6) is -0.651. The minimum atomic E-state index is -0.342. The van der Waals surface area contributed by atoms with Crippen molar-refractivity contribution in [1.82, 2.24) is 0 Å². The van der Waals surface area contributed by atoms with Crippen LogP contribution >= 0.6 is 0 Å². The molecule has 0 atom stereocenters. The summed E-state index contributed by atoms with van der Waals surface area (Å²) in [5.41, 5.74) is 10.1. The molecule has 0 heterocycles. The molecular formula is C100H170N2NiO2. The van der Waals surface area contributed by atoms with Crippen molar-refractivity contribution in [3.05, 3.63) is 119 Å². The third-order valence-corrected chi connectivity index (χ3v) is 22.0. The first-order chi connectivity index (χ1) is 51.3. The largest absolute Gasteiger partial charge is 2.00 e. The summed E-state index contributed by atoms with van der Waals surface area (Å²) in [6.07, 6.45) is 104. The fourth-order valence-corrected chi connectivity index (χ4v) is 15.1. The van der Waals surface area contributed by atoms with Gasteiger partial charge < -0.3 is 10.2 Å². The van der Waals surface area contributed by atoms with Gasteiger partial charge in [-0.1, -0.05) is 454 Å². The predicted molar refractivity (Wildman–Crippen MR) is 464 cm³/mol. The zero-order valence-electron chi connectivity index (χ0n) is 70.6. The predicted octanol–water partition coefficient (Wildman–Crippen LogP) is 33.2. The van der Waals surface area contributed by atoms with E-state index in [9.17, 15) is 10.2 Å². The molecule has 0 saturated heterocycles. The second-order valence-electron chi connectivity index (χ2n) is 31.8. The van der Waals surface area contributed by atoms with Crippen LogP contribution in [-0.4, -0.2) is 11.4 Å². The second-order valence-corrected chi connectivity index (χ2v) is 31.8. The Kier molecular flexibility index (Phi) is 72.9. The van der Waals surface area contributed by atoms with Gasteiger partial charge in [-0.3, -0.25) is 4.99 Å². The maximum atomic E-state index is 11.7. The van der Waals surface area contributed by atoms with Gasteiger partial charge in [0, 0.05) is 0 Å². The molecule has 0 spiro atoms. The van der Waals surface area contributed by atoms with Crippen LogP contribution in [0.15, 0.2) is 101 Å². The van der Waals surface area contributed by atoms with Crippen molar-refractivity contribution in [2.45, 2.75) is 479 Å². The molecule has 0 N–H and O–H groups in total. The number of allylic oxidation sites excluding steroid dienone is 6. The van der Waals surface area contributed by atoms with E-state index in [4.69, 9.17) is 9.98 Å². The van der Waals surface area contributed by atoms with E-state index in [1.807, 2.05) is 0 Å². The van der Waals surface area contributed by atoms with Crippen molar-refractivity contribution in [3.8, 4) is 11.5 Å². The summed E-state index contributed by atoms with van der Waals surface area (Å²) >= 11 is 0. The number of hydrogen-bond acceptors (Lipinski definition) is 4. The fraction of sp³-hybridized carbons (Fsp3) is 0.740. The number of aryl methyl sites for hydroxylation is 3. The molecule has 0 fully saturated rings. The SMILES string of the molecule is CCCCCCC/C=C/C(=Nc1ccccc1CC/C=C/CCCCCCCCCCCCCCCCCCC)C(CCCCCCCCCCCCCCCC)=Nc1ccccc1CC/C=C/CCCCCCCCCCCCCCCCCCC.CCCCCc1c(CCC)cc([O-])c([O-])c1C.[Ni+2]. The minimum Gasteiger partial charge on any atom is -0.873 e. The second kappa shape index (κ2) is 77.1. The number of para-hydroxylation sites is 2. The van der Waals surface area contributed by atoms with Gasteiger partial charge in [0.25, 0.3) is 0 Å². The Hall–Kier alpha value is -3.69. The number of aliphatic imine (C=N–C) groups is 2. The molecule has 602 valence electrons. The number of unbranched alkanes of at least 4 members (excludes halogenated alkanes) is 54. The molecule has 3 aromatic carbocycles. The summed E-state index contributed by atoms with van der Waals surface area (Å²) in [5, 5.41) is 23.2. The molecule has 0 bridgehead atoms. The summed E-state index contributed by atoms with van der Waals surface area (Å²) in [4.78, 5) is 11.3. The Labute approximate surface area is 664 Å². The third-order valence-electron chi connectivity index (χ3n) is 22.0. The molecule has 3 rings (SSSR count). The van der Waals surface area contributed by atoms with E-state index in [1.54, 1.807) is 13.0 Å². The number of rotatable bonds is 73. The molecule has 0 unspecified atom stereocenters. The Morgan fingerprint density at radius 1 is 0.295 bits per heavy atom. The van der Waals surface area contributed by atoms with Gasteiger partial charge in [-0.15, -0.1) is 11.5 Å². The normalized spacial score (nSPS) is 12.0. The molecule has 0 aliphatic carbocycles. The van der Waals surface area contributed by atoms with Gasteiger partial charge in [0.15, 0.2) is 0 Å². The molecule has 3 aromatic rings. The van der Waals surface area contributed by atoms with Crippen LogP contribution in [0.2, 0.25) is 0 Å². The smallest absolute Gasteiger partial charge is 0.873 e. The van der Waals surface area contributed by atoms with Crippen LogP contribution in [0.3, 0.4) is 0 Å². The molecule has 0 aromatic heterocycles. The molecule has 0 amide bonds. The van der Waals surface area contributed by atoms with Gasteiger partial charge in [-0.2, -0.15) is 0 Å². The van der Waals surface area contributed by atoms with Crippen LogP contribution in [0.5, 0.6) is 11.5 Å². The molecule has 0 aliphatic heterocycles. The van der Waals surface area contributed by atoms with E-state index in [-0.39, 0.29) is 28.0 Å². The van der Waals surface area contributed by atoms with Gasteiger partial charge in [0.05, 0.1) is 22.8 Å². The van der Waals surface area contributed by atoms with Gasteiger partial charge >= 0.3 is 16.5 Å². The van der Waals surface area contributed by atoms with Gasteiger partial charge in [-0.25, -0.2) is 4.99 Å². The third kappa shape index (κ3) is 58.0. The number of hydrogen-bond donors (Lipinski definition) is 0. The molecule has 0 saturated carbocycles. The summed E-state index contributed by atoms with van der Waals surface area (Å²) in [6.45, 7) is 15.3. The summed E-state index contributed by atoms with van der Waals surface area (Å²) < 4.78 is 0. The van der Waals surface area contributed by atoms with Gasteiger partial charge in [-0.05, 0) is 144 Å². The zero-order valence-corrected chi connectivity index (χ0v) is 71.6. The summed E-state index contributed by atoms with van der Waals surface area (Å²) in [7, 11) is 0. The quantitative estimate of drug-likeness (QED) is 0.0245. The van der Waals surface area contributed by atoms with Crippen LogP contribution in [0.1, 0.15) is 474 Å². The van der Waals surface area contributed by atoms with E-state index in [0.29, 0.717) is 5.56 Å². The molecule has 5 heteroatoms. The van der Waals surface area contributed by atoms with Crippen LogP contribution in [-0.2, 0) is 42.2 Å². The van der Waals surface area contributed by atoms with Crippen molar-refractivity contribution in [3.63, 3.8) is 0 Å². The Morgan fingerprint density at radius 2 is 0.590 bits per heavy atom. The zero-order chi connectivity index (χ0) is 74.7. The maximum Gasteiger partial charge on any atom is 2.00 e. The number of benzene rings is 3. The fourth-order valence-electron chi connectivity index (χ4n) is 15.1. The maximum absolute atomic E-state index is 11.7. The standard InChI is InChI=1S/C85H148N2.C15H24O2.Ni/c1-5-9-13-17-21-24-27-30-33-35-37-39-41-43-45-47-50-53-57-60-64-72-80-74-68-70-76-82(80)86-84(78-66-62-56-20-16-12-8-4)85(79-67-63-59-55-52-49-32-29-26-23-19-15-11-7-3)87-83-77-71-69-75-81(83)73-65-61-58-54-51-48-46-44-42-40-38-36-34-31-28-25-22-18-14-10-6-2;1-4-6-7-9-13-11(3)15(17)14(16)10-12(13)8-5-2;/h57-58,60-61,66,68-71,74-78H,5-56,59,62-65,67,72-73,79H2,1-4H3;10,16-17H,4-9H2,1-3H3;/q;;+2/p-2/b60-57+,61-58+,78-66+,86-84?,87-85?;;. The van der Waals surface area contributed by atoms with E-state index < -0.39 is 0 Å². The van der Waals surface area contributed by atoms with Crippen LogP contribution in [0.25, 0.3) is 0 Å². The minimum absolute atomic E-state index is 0.